The minimum Gasteiger partial charge on any atom is -0.493 e. The van der Waals surface area contributed by atoms with Crippen LogP contribution in [-0.2, 0) is 15.9 Å². The Hall–Kier alpha value is -4.34. The van der Waals surface area contributed by atoms with E-state index in [2.05, 4.69) is 9.97 Å². The van der Waals surface area contributed by atoms with Gasteiger partial charge in [0.15, 0.2) is 23.0 Å². The van der Waals surface area contributed by atoms with E-state index in [4.69, 9.17) is 28.4 Å². The number of methoxy groups -OCH3 is 6. The van der Waals surface area contributed by atoms with Crippen LogP contribution in [-0.4, -0.2) is 64.6 Å². The fourth-order valence-corrected chi connectivity index (χ4v) is 4.32. The molecule has 0 atom stereocenters. The number of benzene rings is 2. The Morgan fingerprint density at radius 2 is 1.03 bits per heavy atom. The van der Waals surface area contributed by atoms with Gasteiger partial charge in [0.2, 0.25) is 0 Å². The van der Waals surface area contributed by atoms with E-state index in [0.717, 1.165) is 21.9 Å². The summed E-state index contributed by atoms with van der Waals surface area (Å²) >= 11 is 0. The standard InChI is InChI=1S/C25H26N2O8/c1-30-20-10-16-12(8-18(26-16)24(28)34-5)14(22(20)32-3)7-15-13-9-19(25(29)35-6)27-17(13)11-21(31-2)23(15)33-4/h8-11,26-27H,7H2,1-6H3. The van der Waals surface area contributed by atoms with Crippen LogP contribution >= 0.6 is 0 Å². The van der Waals surface area contributed by atoms with Crippen LogP contribution in [0.5, 0.6) is 23.0 Å². The smallest absolute Gasteiger partial charge is 0.354 e. The molecule has 0 saturated carbocycles. The molecule has 0 saturated heterocycles. The maximum Gasteiger partial charge on any atom is 0.354 e. The fraction of sp³-hybridized carbons (Fsp3) is 0.280. The Balaban J connectivity index is 2.03. The first-order valence-electron chi connectivity index (χ1n) is 10.6. The van der Waals surface area contributed by atoms with Crippen molar-refractivity contribution >= 4 is 33.7 Å². The van der Waals surface area contributed by atoms with Crippen molar-refractivity contribution in [1.29, 1.82) is 0 Å². The van der Waals surface area contributed by atoms with E-state index in [1.54, 1.807) is 38.5 Å². The quantitative estimate of drug-likeness (QED) is 0.363. The van der Waals surface area contributed by atoms with Gasteiger partial charge in [0.05, 0.1) is 53.7 Å². The second-order valence-corrected chi connectivity index (χ2v) is 7.63. The van der Waals surface area contributed by atoms with E-state index in [-0.39, 0.29) is 11.4 Å². The third-order valence-corrected chi connectivity index (χ3v) is 5.91. The number of hydrogen-bond donors (Lipinski definition) is 2. The Morgan fingerprint density at radius 3 is 1.34 bits per heavy atom. The van der Waals surface area contributed by atoms with Gasteiger partial charge in [-0.3, -0.25) is 0 Å². The average Bonchev–Trinajstić information content (AvgIpc) is 3.51. The van der Waals surface area contributed by atoms with E-state index < -0.39 is 11.9 Å². The first-order valence-corrected chi connectivity index (χ1v) is 10.6. The van der Waals surface area contributed by atoms with Crippen molar-refractivity contribution < 1.29 is 38.0 Å². The van der Waals surface area contributed by atoms with Crippen molar-refractivity contribution in [3.8, 4) is 23.0 Å². The number of rotatable bonds is 8. The molecule has 0 radical (unpaired) electrons. The van der Waals surface area contributed by atoms with Crippen molar-refractivity contribution in [2.45, 2.75) is 6.42 Å². The molecule has 2 heterocycles. The summed E-state index contributed by atoms with van der Waals surface area (Å²) in [7, 11) is 8.81. The molecule has 4 rings (SSSR count). The summed E-state index contributed by atoms with van der Waals surface area (Å²) in [5.74, 6) is 0.959. The van der Waals surface area contributed by atoms with Crippen LogP contribution < -0.4 is 18.9 Å². The lowest BCUT2D eigenvalue weighted by atomic mass is 9.96. The van der Waals surface area contributed by atoms with E-state index in [0.29, 0.717) is 40.5 Å². The summed E-state index contributed by atoms with van der Waals surface area (Å²) in [5, 5.41) is 1.48. The molecule has 0 spiro atoms. The summed E-state index contributed by atoms with van der Waals surface area (Å²) in [4.78, 5) is 30.6. The lowest BCUT2D eigenvalue weighted by Gasteiger charge is -2.18. The summed E-state index contributed by atoms with van der Waals surface area (Å²) in [5.41, 5.74) is 3.39. The highest BCUT2D eigenvalue weighted by Gasteiger charge is 2.24. The Morgan fingerprint density at radius 1 is 0.629 bits per heavy atom. The van der Waals surface area contributed by atoms with Gasteiger partial charge in [-0.1, -0.05) is 0 Å². The predicted octanol–water partition coefficient (Wildman–Crippen LogP) is 3.85. The SMILES string of the molecule is COC(=O)c1cc2c(Cc3c(OC)c(OC)cc4[nH]c(C(=O)OC)cc34)c(OC)c(OC)cc2[nH]1. The average molecular weight is 482 g/mol. The van der Waals surface area contributed by atoms with E-state index >= 15 is 0 Å². The van der Waals surface area contributed by atoms with Gasteiger partial charge < -0.3 is 38.4 Å². The van der Waals surface area contributed by atoms with Crippen LogP contribution in [0.3, 0.4) is 0 Å². The van der Waals surface area contributed by atoms with Crippen LogP contribution in [0.1, 0.15) is 32.1 Å². The van der Waals surface area contributed by atoms with Crippen molar-refractivity contribution in [3.05, 3.63) is 46.8 Å². The van der Waals surface area contributed by atoms with E-state index in [1.165, 1.54) is 28.4 Å². The summed E-state index contributed by atoms with van der Waals surface area (Å²) < 4.78 is 32.4. The van der Waals surface area contributed by atoms with Gasteiger partial charge in [0, 0.05) is 40.5 Å². The molecule has 2 N–H and O–H groups in total. The number of hydrogen-bond acceptors (Lipinski definition) is 8. The molecule has 35 heavy (non-hydrogen) atoms. The summed E-state index contributed by atoms with van der Waals surface area (Å²) in [6.07, 6.45) is 0.296. The van der Waals surface area contributed by atoms with Gasteiger partial charge in [0.1, 0.15) is 11.4 Å². The van der Waals surface area contributed by atoms with Crippen molar-refractivity contribution in [1.82, 2.24) is 9.97 Å². The molecule has 0 bridgehead atoms. The monoisotopic (exact) mass is 482 g/mol. The van der Waals surface area contributed by atoms with Crippen LogP contribution in [0.15, 0.2) is 24.3 Å². The molecule has 184 valence electrons. The Kier molecular flexibility index (Phi) is 6.46. The maximum atomic E-state index is 12.2. The zero-order valence-electron chi connectivity index (χ0n) is 20.3. The number of aromatic amines is 2. The third kappa shape index (κ3) is 3.96. The maximum absolute atomic E-state index is 12.2. The minimum atomic E-state index is -0.500. The van der Waals surface area contributed by atoms with E-state index in [9.17, 15) is 9.59 Å². The molecule has 4 aromatic rings. The van der Waals surface area contributed by atoms with Crippen LogP contribution in [0.2, 0.25) is 0 Å². The third-order valence-electron chi connectivity index (χ3n) is 5.91. The first-order chi connectivity index (χ1) is 16.9. The number of nitrogens with one attached hydrogen (secondary N) is 2. The van der Waals surface area contributed by atoms with Gasteiger partial charge in [0.25, 0.3) is 0 Å². The van der Waals surface area contributed by atoms with Gasteiger partial charge in [-0.15, -0.1) is 0 Å². The number of carbonyl (C=O) groups is 2. The fourth-order valence-electron chi connectivity index (χ4n) is 4.32. The molecule has 0 unspecified atom stereocenters. The molecule has 0 fully saturated rings. The molecule has 10 heteroatoms. The highest BCUT2D eigenvalue weighted by atomic mass is 16.5. The highest BCUT2D eigenvalue weighted by molar-refractivity contribution is 6.00. The Bertz CT molecular complexity index is 1330. The number of esters is 2. The highest BCUT2D eigenvalue weighted by Crippen LogP contribution is 2.44. The van der Waals surface area contributed by atoms with Crippen molar-refractivity contribution in [2.75, 3.05) is 42.7 Å². The van der Waals surface area contributed by atoms with E-state index in [1.807, 2.05) is 0 Å². The lowest BCUT2D eigenvalue weighted by molar-refractivity contribution is 0.0586. The van der Waals surface area contributed by atoms with Crippen LogP contribution in [0.25, 0.3) is 21.8 Å². The van der Waals surface area contributed by atoms with Crippen LogP contribution in [0, 0.1) is 0 Å². The molecular formula is C25H26N2O8. The van der Waals surface area contributed by atoms with Crippen LogP contribution in [0.4, 0.5) is 0 Å². The number of aromatic nitrogens is 2. The van der Waals surface area contributed by atoms with Gasteiger partial charge in [-0.2, -0.15) is 0 Å². The number of fused-ring (bicyclic) bond motifs is 2. The molecule has 0 aliphatic heterocycles. The molecule has 2 aromatic heterocycles. The number of H-pyrrole nitrogens is 2. The minimum absolute atomic E-state index is 0.288. The molecular weight excluding hydrogens is 456 g/mol. The molecule has 10 nitrogen and oxygen atoms in total. The van der Waals surface area contributed by atoms with Crippen molar-refractivity contribution in [2.24, 2.45) is 0 Å². The lowest BCUT2D eigenvalue weighted by Crippen LogP contribution is -2.02. The topological polar surface area (TPSA) is 121 Å². The molecule has 0 aliphatic carbocycles. The number of ether oxygens (including phenoxy) is 6. The van der Waals surface area contributed by atoms with Gasteiger partial charge in [-0.25, -0.2) is 9.59 Å². The predicted molar refractivity (Wildman–Crippen MR) is 128 cm³/mol. The Labute approximate surface area is 201 Å². The second-order valence-electron chi connectivity index (χ2n) is 7.63. The normalized spacial score (nSPS) is 10.9. The zero-order chi connectivity index (χ0) is 25.3. The second kappa shape index (κ2) is 9.49. The molecule has 2 aromatic carbocycles. The van der Waals surface area contributed by atoms with Crippen molar-refractivity contribution in [3.63, 3.8) is 0 Å². The summed E-state index contributed by atoms with van der Waals surface area (Å²) in [6, 6.07) is 6.93. The van der Waals surface area contributed by atoms with Gasteiger partial charge >= 0.3 is 11.9 Å². The number of carbonyl (C=O) groups excluding carboxylic acids is 2. The largest absolute Gasteiger partial charge is 0.493 e. The molecule has 0 amide bonds. The zero-order valence-corrected chi connectivity index (χ0v) is 20.3. The van der Waals surface area contributed by atoms with Gasteiger partial charge in [-0.05, 0) is 12.1 Å². The molecule has 0 aliphatic rings. The first kappa shape index (κ1) is 23.8. The summed E-state index contributed by atoms with van der Waals surface area (Å²) in [6.45, 7) is 0.